The minimum Gasteiger partial charge on any atom is -0.352 e. The number of unbranched alkanes of at least 4 members (excludes halogenated alkanes) is 64. The molecule has 2 saturated carbocycles. The topological polar surface area (TPSA) is 393 Å². The van der Waals surface area contributed by atoms with Crippen LogP contribution in [0, 0.1) is 23.7 Å². The van der Waals surface area contributed by atoms with E-state index in [0.717, 1.165) is 161 Å². The van der Waals surface area contributed by atoms with Gasteiger partial charge in [-0.05, 0) is 172 Å². The van der Waals surface area contributed by atoms with Gasteiger partial charge in [0, 0.05) is 45.8 Å². The molecule has 0 spiro atoms. The maximum Gasteiger partial charge on any atom is 0.314 e. The fourth-order valence-electron chi connectivity index (χ4n) is 17.5. The Morgan fingerprint density at radius 2 is 0.436 bits per heavy atom. The Labute approximate surface area is 824 Å². The second kappa shape index (κ2) is 128. The van der Waals surface area contributed by atoms with Crippen LogP contribution in [0.1, 0.15) is 555 Å². The number of hydrogen-bond acceptors (Lipinski definition) is 14. The molecule has 2 fully saturated rings. The molecule has 4 atom stereocenters. The molecule has 2 aliphatic rings. The molecule has 8 amide bonds. The first kappa shape index (κ1) is 137. The Kier molecular flexibility index (Phi) is 131. The summed E-state index contributed by atoms with van der Waals surface area (Å²) in [6, 6.07) is -0.613. The first-order valence-electron chi connectivity index (χ1n) is 57.7. The quantitative estimate of drug-likeness (QED) is 0.0153. The molecule has 21 N–H and O–H groups in total. The van der Waals surface area contributed by atoms with Crippen molar-refractivity contribution < 1.29 is 28.8 Å². The molecule has 0 saturated heterocycles. The predicted molar refractivity (Wildman–Crippen MR) is 578 cm³/mol. The first-order valence-corrected chi connectivity index (χ1v) is 57.7. The molecule has 22 heteroatoms. The number of carbonyl (C=O) groups excluding carboxylic acids is 6. The van der Waals surface area contributed by atoms with Crippen molar-refractivity contribution >= 4 is 36.3 Å². The number of urea groups is 4. The molecular formula is C111H232N16O6. The molecule has 0 bridgehead atoms. The van der Waals surface area contributed by atoms with E-state index in [4.69, 9.17) is 40.1 Å². The molecule has 0 aliphatic heterocycles. The van der Waals surface area contributed by atoms with Crippen molar-refractivity contribution in [3.8, 4) is 0 Å². The smallest absolute Gasteiger partial charge is 0.314 e. The summed E-state index contributed by atoms with van der Waals surface area (Å²) >= 11 is 0. The molecule has 0 aromatic carbocycles. The average Bonchev–Trinajstić information content (AvgIpc) is 0.905. The second-order valence-corrected chi connectivity index (χ2v) is 39.1. The van der Waals surface area contributed by atoms with E-state index in [0.29, 0.717) is 57.0 Å². The monoisotopic (exact) mass is 1890 g/mol. The third-order valence-corrected chi connectivity index (χ3v) is 26.2. The Bertz CT molecular complexity index is 2190. The van der Waals surface area contributed by atoms with E-state index >= 15 is 0 Å². The summed E-state index contributed by atoms with van der Waals surface area (Å²) in [5.74, 6) is 2.50. The van der Waals surface area contributed by atoms with Gasteiger partial charge in [0.1, 0.15) is 0 Å². The Morgan fingerprint density at radius 3 is 0.662 bits per heavy atom. The van der Waals surface area contributed by atoms with Crippen LogP contribution in [-0.4, -0.2) is 134 Å². The molecule has 792 valence electrons. The number of hydrogen-bond donors (Lipinski definition) is 14. The van der Waals surface area contributed by atoms with Gasteiger partial charge in [-0.2, -0.15) is 0 Å². The first-order chi connectivity index (χ1) is 65.3. The van der Waals surface area contributed by atoms with Gasteiger partial charge in [0.05, 0.1) is 13.1 Å². The number of isocyanates is 2. The molecule has 133 heavy (non-hydrogen) atoms. The molecule has 0 heterocycles. The number of nitrogens with two attached hydrogens (primary N) is 7. The van der Waals surface area contributed by atoms with Crippen LogP contribution in [0.4, 0.5) is 19.2 Å². The number of rotatable bonds is 89. The summed E-state index contributed by atoms with van der Waals surface area (Å²) in [4.78, 5) is 73.2. The lowest BCUT2D eigenvalue weighted by Crippen LogP contribution is -2.40. The molecule has 22 nitrogen and oxygen atoms in total. The highest BCUT2D eigenvalue weighted by Gasteiger charge is 2.23. The fraction of sp³-hybridized carbons (Fsp3) is 0.946. The van der Waals surface area contributed by atoms with Gasteiger partial charge in [0.2, 0.25) is 12.2 Å². The summed E-state index contributed by atoms with van der Waals surface area (Å²) in [6.07, 6.45) is 108. The largest absolute Gasteiger partial charge is 0.352 e. The molecule has 2 rings (SSSR count). The van der Waals surface area contributed by atoms with Crippen LogP contribution in [0.5, 0.6) is 0 Å². The van der Waals surface area contributed by atoms with Crippen molar-refractivity contribution in [2.45, 2.75) is 555 Å². The van der Waals surface area contributed by atoms with Crippen LogP contribution in [0.25, 0.3) is 0 Å². The summed E-state index contributed by atoms with van der Waals surface area (Å²) in [6.45, 7) is 22.8. The molecule has 2 aliphatic carbocycles. The van der Waals surface area contributed by atoms with Gasteiger partial charge in [0.15, 0.2) is 0 Å². The molecule has 0 aromatic heterocycles. The molecule has 0 radical (unpaired) electrons. The van der Waals surface area contributed by atoms with E-state index in [2.05, 4.69) is 81.8 Å². The summed E-state index contributed by atoms with van der Waals surface area (Å²) in [5.41, 5.74) is 38.0. The highest BCUT2D eigenvalue weighted by atomic mass is 16.2. The lowest BCUT2D eigenvalue weighted by Gasteiger charge is -2.29. The fourth-order valence-corrected chi connectivity index (χ4v) is 17.5. The van der Waals surface area contributed by atoms with E-state index < -0.39 is 6.03 Å². The van der Waals surface area contributed by atoms with Gasteiger partial charge in [-0.25, -0.2) is 38.8 Å². The maximum absolute atomic E-state index is 12.0. The number of nitrogens with one attached hydrogen (secondary N) is 7. The van der Waals surface area contributed by atoms with Crippen LogP contribution < -0.4 is 77.4 Å². The third-order valence-electron chi connectivity index (χ3n) is 26.2. The number of primary amides is 1. The summed E-state index contributed by atoms with van der Waals surface area (Å²) < 4.78 is 0. The summed E-state index contributed by atoms with van der Waals surface area (Å²) in [7, 11) is 0. The zero-order valence-corrected chi connectivity index (χ0v) is 89.1. The van der Waals surface area contributed by atoms with Crippen molar-refractivity contribution in [1.29, 1.82) is 0 Å². The maximum atomic E-state index is 12.0. The normalized spacial score (nSPS) is 14.1. The predicted octanol–water partition coefficient (Wildman–Crippen LogP) is 28.1. The highest BCUT2D eigenvalue weighted by molar-refractivity contribution is 5.74. The number of aliphatic imine (C=N–C) groups is 2. The van der Waals surface area contributed by atoms with Crippen LogP contribution in [-0.2, 0) is 9.59 Å². The Hall–Kier alpha value is -4.40. The Morgan fingerprint density at radius 1 is 0.241 bits per heavy atom. The van der Waals surface area contributed by atoms with Gasteiger partial charge >= 0.3 is 24.1 Å². The van der Waals surface area contributed by atoms with Gasteiger partial charge < -0.3 is 77.4 Å². The van der Waals surface area contributed by atoms with E-state index in [1.165, 1.54) is 430 Å². The standard InChI is InChI=1S/C32H68N6O2.C22H45N5O2.3C13H29N.C10H17NO.C8H15NO/c33-25-19-13-9-5-1-3-7-11-15-21-27-35-31(39)37-29-23-17-18-24-30-38-32(40)36-28-22-16-12-8-4-2-6-10-14-20-26-34;23-14-9-7-5-3-1-2-4-6-8-10-15-25-22(29)27-18-20-13-11-12-19(16-20)17-26-21(24)28;3*1-2-3-4-5-6-7-8-9-10-11-12-13-14;1-2-9-4-3-5-10(6-9)7-11-8-12;1-2-3-4-5-6-7-9-8-10/h1-30,33-34H2,(H2,35,37,39)(H2,36,38,40);19-20H,1-18,23H2,(H3,24,26,28)(H2,25,27,29);3*2-14H2,1H3;9-10H,2-7H2,1H3;2-7H2,1H3. The third kappa shape index (κ3) is 130. The van der Waals surface area contributed by atoms with Crippen molar-refractivity contribution in [3.05, 3.63) is 0 Å². The van der Waals surface area contributed by atoms with E-state index in [9.17, 15) is 28.8 Å². The van der Waals surface area contributed by atoms with Crippen LogP contribution >= 0.6 is 0 Å². The van der Waals surface area contributed by atoms with E-state index in [-0.39, 0.29) is 18.1 Å². The molecule has 4 unspecified atom stereocenters. The van der Waals surface area contributed by atoms with Crippen LogP contribution in [0.2, 0.25) is 0 Å². The van der Waals surface area contributed by atoms with Gasteiger partial charge in [0.25, 0.3) is 0 Å². The van der Waals surface area contributed by atoms with E-state index in [1.54, 1.807) is 6.08 Å². The van der Waals surface area contributed by atoms with Gasteiger partial charge in [-0.15, -0.1) is 0 Å². The minimum absolute atomic E-state index is 0.0510. The van der Waals surface area contributed by atoms with Crippen LogP contribution in [0.3, 0.4) is 0 Å². The van der Waals surface area contributed by atoms with E-state index in [1.807, 2.05) is 0 Å². The second-order valence-electron chi connectivity index (χ2n) is 39.1. The Balaban J connectivity index is -0.000000511. The number of nitrogens with zero attached hydrogens (tertiary/aromatic N) is 2. The molecular weight excluding hydrogens is 1650 g/mol. The van der Waals surface area contributed by atoms with Crippen molar-refractivity contribution in [1.82, 2.24) is 37.2 Å². The zero-order chi connectivity index (χ0) is 98.3. The van der Waals surface area contributed by atoms with Crippen molar-refractivity contribution in [3.63, 3.8) is 0 Å². The number of carbonyl (C=O) groups is 4. The molecule has 0 aromatic rings. The number of amides is 8. The highest BCUT2D eigenvalue weighted by Crippen LogP contribution is 2.31. The lowest BCUT2D eigenvalue weighted by molar-refractivity contribution is 0.224. The van der Waals surface area contributed by atoms with Crippen molar-refractivity contribution in [2.24, 2.45) is 73.8 Å². The SMILES string of the molecule is CCC1CCCC(CN=C=O)C1.CCCCCCCCCCCCCN.CCCCCCCCCCCCCN.CCCCCCCCCCCCCN.CCCCCCCN=C=O.NCCCCCCCCCCCCNC(=O)NCC1CCCC(CNC(N)=O)C1.NCCCCCCCCCCCCNC(=O)NCCCCCCNC(=O)NCCCCCCCCCCCCN. The lowest BCUT2D eigenvalue weighted by atomic mass is 9.80. The van der Waals surface area contributed by atoms with Crippen molar-refractivity contribution in [2.75, 3.05) is 98.2 Å². The van der Waals surface area contributed by atoms with Gasteiger partial charge in [-0.3, -0.25) is 0 Å². The van der Waals surface area contributed by atoms with Crippen LogP contribution in [0.15, 0.2) is 9.98 Å². The minimum atomic E-state index is -0.456. The average molecular weight is 1890 g/mol. The summed E-state index contributed by atoms with van der Waals surface area (Å²) in [5, 5.41) is 20.5. The zero-order valence-electron chi connectivity index (χ0n) is 89.1. The van der Waals surface area contributed by atoms with Gasteiger partial charge in [-0.1, -0.05) is 446 Å².